The van der Waals surface area contributed by atoms with Crippen molar-refractivity contribution >= 4 is 33.3 Å². The Hall–Kier alpha value is -3.61. The first-order valence-electron chi connectivity index (χ1n) is 9.33. The highest BCUT2D eigenvalue weighted by Crippen LogP contribution is 2.31. The van der Waals surface area contributed by atoms with E-state index >= 15 is 0 Å². The number of aromatic nitrogens is 1. The summed E-state index contributed by atoms with van der Waals surface area (Å²) in [5, 5.41) is 4.29. The Balaban J connectivity index is 1.84. The second-order valence-electron chi connectivity index (χ2n) is 6.87. The second kappa shape index (κ2) is 7.33. The van der Waals surface area contributed by atoms with Crippen molar-refractivity contribution in [1.82, 2.24) is 4.57 Å². The maximum absolute atomic E-state index is 13.1. The van der Waals surface area contributed by atoms with Gasteiger partial charge in [0.2, 0.25) is 5.43 Å². The highest BCUT2D eigenvalue weighted by molar-refractivity contribution is 6.10. The maximum atomic E-state index is 13.1. The third-order valence-electron chi connectivity index (χ3n) is 5.03. The number of carbonyl (C=O) groups is 1. The Kier molecular flexibility index (Phi) is 4.81. The number of pyridine rings is 1. The molecule has 4 rings (SSSR count). The van der Waals surface area contributed by atoms with Crippen LogP contribution in [0, 0.1) is 0 Å². The van der Waals surface area contributed by atoms with Crippen molar-refractivity contribution in [2.75, 3.05) is 5.32 Å². The number of fused-ring (bicyclic) bond motifs is 2. The Bertz CT molecular complexity index is 1330. The van der Waals surface area contributed by atoms with Gasteiger partial charge >= 0.3 is 6.18 Å². The van der Waals surface area contributed by atoms with Crippen molar-refractivity contribution in [1.29, 1.82) is 0 Å². The van der Waals surface area contributed by atoms with E-state index in [9.17, 15) is 22.8 Å². The van der Waals surface area contributed by atoms with E-state index in [2.05, 4.69) is 5.32 Å². The smallest absolute Gasteiger partial charge is 0.347 e. The van der Waals surface area contributed by atoms with E-state index in [4.69, 9.17) is 0 Å². The average molecular weight is 410 g/mol. The zero-order chi connectivity index (χ0) is 21.5. The lowest BCUT2D eigenvalue weighted by atomic mass is 10.1. The fourth-order valence-corrected chi connectivity index (χ4v) is 3.52. The molecule has 1 amide bonds. The minimum atomic E-state index is -4.58. The summed E-state index contributed by atoms with van der Waals surface area (Å²) in [7, 11) is 0. The van der Waals surface area contributed by atoms with Gasteiger partial charge in [0.15, 0.2) is 0 Å². The quantitative estimate of drug-likeness (QED) is 0.489. The Morgan fingerprint density at radius 2 is 1.73 bits per heavy atom. The predicted octanol–water partition coefficient (Wildman–Crippen LogP) is 5.45. The molecule has 0 saturated heterocycles. The monoisotopic (exact) mass is 410 g/mol. The van der Waals surface area contributed by atoms with Crippen molar-refractivity contribution in [3.05, 3.63) is 88.2 Å². The molecule has 0 aliphatic heterocycles. The summed E-state index contributed by atoms with van der Waals surface area (Å²) >= 11 is 0. The summed E-state index contributed by atoms with van der Waals surface area (Å²) in [6.45, 7) is 2.17. The lowest BCUT2D eigenvalue weighted by Crippen LogP contribution is -2.24. The molecular weight excluding hydrogens is 393 g/mol. The van der Waals surface area contributed by atoms with E-state index in [0.29, 0.717) is 17.7 Å². The van der Waals surface area contributed by atoms with Crippen LogP contribution in [-0.2, 0) is 12.7 Å². The first-order valence-corrected chi connectivity index (χ1v) is 9.33. The largest absolute Gasteiger partial charge is 0.416 e. The Morgan fingerprint density at radius 1 is 1.00 bits per heavy atom. The molecule has 1 N–H and O–H groups in total. The Morgan fingerprint density at radius 3 is 2.47 bits per heavy atom. The van der Waals surface area contributed by atoms with Crippen LogP contribution in [0.1, 0.15) is 22.8 Å². The van der Waals surface area contributed by atoms with Crippen LogP contribution in [0.5, 0.6) is 0 Å². The molecule has 30 heavy (non-hydrogen) atoms. The van der Waals surface area contributed by atoms with Gasteiger partial charge in [-0.2, -0.15) is 13.2 Å². The third kappa shape index (κ3) is 3.43. The fourth-order valence-electron chi connectivity index (χ4n) is 3.52. The molecule has 4 nitrogen and oxygen atoms in total. The number of hydrogen-bond acceptors (Lipinski definition) is 2. The van der Waals surface area contributed by atoms with Gasteiger partial charge in [-0.15, -0.1) is 0 Å². The van der Waals surface area contributed by atoms with Crippen LogP contribution in [0.2, 0.25) is 0 Å². The summed E-state index contributed by atoms with van der Waals surface area (Å²) in [6, 6.07) is 15.8. The van der Waals surface area contributed by atoms with Crippen molar-refractivity contribution in [3.63, 3.8) is 0 Å². The molecule has 3 aromatic carbocycles. The number of benzene rings is 3. The zero-order valence-corrected chi connectivity index (χ0v) is 16.0. The number of alkyl halides is 3. The minimum absolute atomic E-state index is 0.141. The van der Waals surface area contributed by atoms with E-state index in [1.54, 1.807) is 23.6 Å². The average Bonchev–Trinajstić information content (AvgIpc) is 2.73. The van der Waals surface area contributed by atoms with Crippen LogP contribution in [0.3, 0.4) is 0 Å². The van der Waals surface area contributed by atoms with Gasteiger partial charge in [-0.3, -0.25) is 9.59 Å². The van der Waals surface area contributed by atoms with Gasteiger partial charge in [0.05, 0.1) is 11.1 Å². The SMILES string of the molecule is CCn1cc(C(=O)Nc2cccc3ccccc23)c(=O)c2cc(C(F)(F)F)ccc21. The molecule has 0 spiro atoms. The number of carbonyl (C=O) groups excluding carboxylic acids is 1. The van der Waals surface area contributed by atoms with E-state index in [0.717, 1.165) is 22.9 Å². The van der Waals surface area contributed by atoms with Crippen LogP contribution < -0.4 is 10.7 Å². The van der Waals surface area contributed by atoms with Gasteiger partial charge in [0, 0.05) is 29.2 Å². The van der Waals surface area contributed by atoms with Gasteiger partial charge in [-0.05, 0) is 36.6 Å². The molecule has 0 unspecified atom stereocenters. The van der Waals surface area contributed by atoms with Crippen LogP contribution >= 0.6 is 0 Å². The molecular formula is C23H17F3N2O2. The zero-order valence-electron chi connectivity index (χ0n) is 16.0. The van der Waals surface area contributed by atoms with Gasteiger partial charge < -0.3 is 9.88 Å². The molecule has 1 heterocycles. The number of amides is 1. The number of hydrogen-bond donors (Lipinski definition) is 1. The first-order chi connectivity index (χ1) is 14.3. The normalized spacial score (nSPS) is 11.7. The lowest BCUT2D eigenvalue weighted by Gasteiger charge is -2.14. The van der Waals surface area contributed by atoms with Crippen LogP contribution in [0.15, 0.2) is 71.7 Å². The molecule has 0 atom stereocenters. The fraction of sp³-hybridized carbons (Fsp3) is 0.130. The second-order valence-corrected chi connectivity index (χ2v) is 6.87. The molecule has 0 radical (unpaired) electrons. The van der Waals surface area contributed by atoms with Crippen molar-refractivity contribution in [2.24, 2.45) is 0 Å². The predicted molar refractivity (Wildman–Crippen MR) is 111 cm³/mol. The standard InChI is InChI=1S/C23H17F3N2O2/c1-2-28-13-18(21(29)17-12-15(23(24,25)26)10-11-20(17)28)22(30)27-19-9-5-7-14-6-3-4-8-16(14)19/h3-13H,2H2,1H3,(H,27,30). The number of nitrogens with zero attached hydrogens (tertiary/aromatic N) is 1. The van der Waals surface area contributed by atoms with Gasteiger partial charge in [-0.1, -0.05) is 36.4 Å². The maximum Gasteiger partial charge on any atom is 0.416 e. The molecule has 7 heteroatoms. The molecule has 0 bridgehead atoms. The van der Waals surface area contributed by atoms with Crippen molar-refractivity contribution in [3.8, 4) is 0 Å². The summed E-state index contributed by atoms with van der Waals surface area (Å²) in [6.07, 6.45) is -3.20. The Labute approximate surface area is 169 Å². The minimum Gasteiger partial charge on any atom is -0.347 e. The number of aryl methyl sites for hydroxylation is 1. The molecule has 0 aliphatic carbocycles. The number of rotatable bonds is 3. The molecule has 1 aromatic heterocycles. The van der Waals surface area contributed by atoms with Crippen LogP contribution in [-0.4, -0.2) is 10.5 Å². The highest BCUT2D eigenvalue weighted by Gasteiger charge is 2.31. The van der Waals surface area contributed by atoms with E-state index < -0.39 is 23.1 Å². The molecule has 4 aromatic rings. The summed E-state index contributed by atoms with van der Waals surface area (Å²) < 4.78 is 41.0. The summed E-state index contributed by atoms with van der Waals surface area (Å²) in [5.41, 5.74) is -1.02. The molecule has 152 valence electrons. The number of nitrogens with one attached hydrogen (secondary N) is 1. The lowest BCUT2D eigenvalue weighted by molar-refractivity contribution is -0.137. The van der Waals surface area contributed by atoms with Gasteiger partial charge in [0.25, 0.3) is 5.91 Å². The molecule has 0 fully saturated rings. The molecule has 0 aliphatic rings. The van der Waals surface area contributed by atoms with E-state index in [1.165, 1.54) is 12.3 Å². The summed E-state index contributed by atoms with van der Waals surface area (Å²) in [5.74, 6) is -0.669. The van der Waals surface area contributed by atoms with E-state index in [-0.39, 0.29) is 10.9 Å². The number of halogens is 3. The van der Waals surface area contributed by atoms with Gasteiger partial charge in [-0.25, -0.2) is 0 Å². The van der Waals surface area contributed by atoms with E-state index in [1.807, 2.05) is 30.3 Å². The van der Waals surface area contributed by atoms with Gasteiger partial charge in [0.1, 0.15) is 5.56 Å². The number of anilines is 1. The topological polar surface area (TPSA) is 51.1 Å². The van der Waals surface area contributed by atoms with Crippen LogP contribution in [0.4, 0.5) is 18.9 Å². The third-order valence-corrected chi connectivity index (χ3v) is 5.03. The summed E-state index contributed by atoms with van der Waals surface area (Å²) in [4.78, 5) is 25.9. The highest BCUT2D eigenvalue weighted by atomic mass is 19.4. The van der Waals surface area contributed by atoms with Crippen molar-refractivity contribution < 1.29 is 18.0 Å². The first kappa shape index (κ1) is 19.7. The molecule has 0 saturated carbocycles. The van der Waals surface area contributed by atoms with Crippen molar-refractivity contribution in [2.45, 2.75) is 19.6 Å². The van der Waals surface area contributed by atoms with Crippen LogP contribution in [0.25, 0.3) is 21.7 Å².